The average molecular weight is 311 g/mol. The van der Waals surface area contributed by atoms with Crippen molar-refractivity contribution in [1.29, 1.82) is 0 Å². The van der Waals surface area contributed by atoms with Crippen LogP contribution in [0.1, 0.15) is 19.0 Å². The van der Waals surface area contributed by atoms with Gasteiger partial charge in [-0.25, -0.2) is 4.79 Å². The van der Waals surface area contributed by atoms with Crippen LogP contribution in [-0.2, 0) is 20.8 Å². The lowest BCUT2D eigenvalue weighted by molar-refractivity contribution is -0.133. The minimum atomic E-state index is -0.400. The number of hydrogen-bond donors (Lipinski definition) is 0. The molecule has 0 unspecified atom stereocenters. The van der Waals surface area contributed by atoms with Crippen LogP contribution in [0, 0.1) is 0 Å². The van der Waals surface area contributed by atoms with E-state index in [-0.39, 0.29) is 18.4 Å². The molecule has 0 aromatic carbocycles. The molecule has 0 bridgehead atoms. The Morgan fingerprint density at radius 1 is 1.55 bits per heavy atom. The van der Waals surface area contributed by atoms with Gasteiger partial charge in [0.05, 0.1) is 32.4 Å². The first-order valence-electron chi connectivity index (χ1n) is 7.26. The van der Waals surface area contributed by atoms with Crippen molar-refractivity contribution >= 4 is 12.0 Å². The predicted octanol–water partition coefficient (Wildman–Crippen LogP) is 0.880. The number of aromatic nitrogens is 1. The van der Waals surface area contributed by atoms with Crippen LogP contribution in [0.5, 0.6) is 0 Å². The Kier molecular flexibility index (Phi) is 5.76. The fourth-order valence-electron chi connectivity index (χ4n) is 2.28. The first-order chi connectivity index (χ1) is 10.6. The molecule has 122 valence electrons. The molecule has 0 N–H and O–H groups in total. The Balaban J connectivity index is 1.91. The van der Waals surface area contributed by atoms with Gasteiger partial charge in [0, 0.05) is 26.1 Å². The third-order valence-corrected chi connectivity index (χ3v) is 3.46. The van der Waals surface area contributed by atoms with Crippen molar-refractivity contribution in [1.82, 2.24) is 15.0 Å². The second kappa shape index (κ2) is 7.79. The van der Waals surface area contributed by atoms with Crippen LogP contribution in [-0.4, -0.2) is 66.4 Å². The lowest BCUT2D eigenvalue weighted by Gasteiger charge is -2.35. The summed E-state index contributed by atoms with van der Waals surface area (Å²) in [5.74, 6) is -0.0900. The van der Waals surface area contributed by atoms with Crippen molar-refractivity contribution in [2.75, 3.05) is 33.4 Å². The van der Waals surface area contributed by atoms with Crippen molar-refractivity contribution in [3.63, 3.8) is 0 Å². The summed E-state index contributed by atoms with van der Waals surface area (Å²) in [5, 5.41) is 3.77. The predicted molar refractivity (Wildman–Crippen MR) is 75.9 cm³/mol. The summed E-state index contributed by atoms with van der Waals surface area (Å²) in [6.07, 6.45) is 1.25. The van der Waals surface area contributed by atoms with Crippen molar-refractivity contribution in [2.24, 2.45) is 0 Å². The summed E-state index contributed by atoms with van der Waals surface area (Å²) in [6, 6.07) is 1.40. The van der Waals surface area contributed by atoms with E-state index in [4.69, 9.17) is 14.0 Å². The summed E-state index contributed by atoms with van der Waals surface area (Å²) in [7, 11) is 1.69. The van der Waals surface area contributed by atoms with Crippen molar-refractivity contribution in [3.05, 3.63) is 18.0 Å². The molecule has 0 radical (unpaired) electrons. The van der Waals surface area contributed by atoms with E-state index in [2.05, 4.69) is 5.16 Å². The van der Waals surface area contributed by atoms with E-state index in [1.54, 1.807) is 29.8 Å². The number of hydrogen-bond acceptors (Lipinski definition) is 6. The first kappa shape index (κ1) is 16.3. The summed E-state index contributed by atoms with van der Waals surface area (Å²) < 4.78 is 15.1. The van der Waals surface area contributed by atoms with Gasteiger partial charge < -0.3 is 23.8 Å². The van der Waals surface area contributed by atoms with E-state index in [9.17, 15) is 9.59 Å². The molecule has 1 aliphatic rings. The molecule has 1 fully saturated rings. The zero-order valence-electron chi connectivity index (χ0n) is 12.9. The molecule has 1 aliphatic heterocycles. The molecule has 1 saturated heterocycles. The number of rotatable bonds is 5. The highest BCUT2D eigenvalue weighted by Gasteiger charge is 2.31. The van der Waals surface area contributed by atoms with E-state index in [1.807, 2.05) is 0 Å². The molecule has 1 aromatic rings. The second-order valence-electron chi connectivity index (χ2n) is 5.07. The van der Waals surface area contributed by atoms with E-state index in [0.29, 0.717) is 38.6 Å². The molecule has 2 heterocycles. The highest BCUT2D eigenvalue weighted by molar-refractivity contribution is 5.77. The lowest BCUT2D eigenvalue weighted by Crippen LogP contribution is -2.50. The van der Waals surface area contributed by atoms with E-state index in [0.717, 1.165) is 0 Å². The molecular formula is C14H21N3O5. The van der Waals surface area contributed by atoms with Crippen LogP contribution in [0.25, 0.3) is 0 Å². The maximum Gasteiger partial charge on any atom is 0.410 e. The number of morpholine rings is 1. The average Bonchev–Trinajstić information content (AvgIpc) is 3.01. The van der Waals surface area contributed by atoms with Gasteiger partial charge in [-0.1, -0.05) is 5.16 Å². The molecule has 8 nitrogen and oxygen atoms in total. The fraction of sp³-hybridized carbons (Fsp3) is 0.643. The quantitative estimate of drug-likeness (QED) is 0.802. The number of ether oxygens (including phenoxy) is 2. The van der Waals surface area contributed by atoms with Crippen LogP contribution >= 0.6 is 0 Å². The van der Waals surface area contributed by atoms with Crippen LogP contribution in [0.2, 0.25) is 0 Å². The third kappa shape index (κ3) is 4.20. The Morgan fingerprint density at radius 2 is 2.36 bits per heavy atom. The van der Waals surface area contributed by atoms with Gasteiger partial charge in [0.1, 0.15) is 12.0 Å². The number of carbonyl (C=O) groups excluding carboxylic acids is 2. The SMILES string of the molecule is CCOC(=O)N1CCOC[C@H]1CC(=O)N(C)Cc1ccon1. The van der Waals surface area contributed by atoms with Gasteiger partial charge in [0.25, 0.3) is 0 Å². The topological polar surface area (TPSA) is 85.1 Å². The number of carbonyl (C=O) groups is 2. The minimum Gasteiger partial charge on any atom is -0.450 e. The van der Waals surface area contributed by atoms with Crippen molar-refractivity contribution in [3.8, 4) is 0 Å². The monoisotopic (exact) mass is 311 g/mol. The summed E-state index contributed by atoms with van der Waals surface area (Å²) in [4.78, 5) is 27.3. The summed E-state index contributed by atoms with van der Waals surface area (Å²) in [5.41, 5.74) is 0.679. The number of nitrogens with zero attached hydrogens (tertiary/aromatic N) is 3. The molecule has 22 heavy (non-hydrogen) atoms. The Labute approximate surface area is 128 Å². The molecule has 0 saturated carbocycles. The zero-order chi connectivity index (χ0) is 15.9. The van der Waals surface area contributed by atoms with Gasteiger partial charge in [-0.15, -0.1) is 0 Å². The van der Waals surface area contributed by atoms with Crippen LogP contribution in [0.4, 0.5) is 4.79 Å². The lowest BCUT2D eigenvalue weighted by atomic mass is 10.1. The molecule has 8 heteroatoms. The first-order valence-corrected chi connectivity index (χ1v) is 7.26. The van der Waals surface area contributed by atoms with Gasteiger partial charge in [0.15, 0.2) is 0 Å². The smallest absolute Gasteiger partial charge is 0.410 e. The van der Waals surface area contributed by atoms with E-state index in [1.165, 1.54) is 6.26 Å². The van der Waals surface area contributed by atoms with Crippen LogP contribution < -0.4 is 0 Å². The largest absolute Gasteiger partial charge is 0.450 e. The minimum absolute atomic E-state index is 0.0900. The summed E-state index contributed by atoms with van der Waals surface area (Å²) >= 11 is 0. The Morgan fingerprint density at radius 3 is 3.05 bits per heavy atom. The van der Waals surface area contributed by atoms with Gasteiger partial charge in [0.2, 0.25) is 5.91 Å². The third-order valence-electron chi connectivity index (χ3n) is 3.46. The summed E-state index contributed by atoms with van der Waals surface area (Å²) in [6.45, 7) is 3.65. The van der Waals surface area contributed by atoms with Crippen LogP contribution in [0.3, 0.4) is 0 Å². The molecule has 1 atom stereocenters. The number of amides is 2. The van der Waals surface area contributed by atoms with Crippen molar-refractivity contribution < 1.29 is 23.6 Å². The normalized spacial score (nSPS) is 18.1. The molecular weight excluding hydrogens is 290 g/mol. The second-order valence-corrected chi connectivity index (χ2v) is 5.07. The maximum atomic E-state index is 12.3. The van der Waals surface area contributed by atoms with E-state index < -0.39 is 6.09 Å². The molecule has 0 aliphatic carbocycles. The van der Waals surface area contributed by atoms with E-state index >= 15 is 0 Å². The Bertz CT molecular complexity index is 491. The van der Waals surface area contributed by atoms with Crippen LogP contribution in [0.15, 0.2) is 16.9 Å². The van der Waals surface area contributed by atoms with Crippen molar-refractivity contribution in [2.45, 2.75) is 25.9 Å². The molecule has 0 spiro atoms. The standard InChI is InChI=1S/C14H21N3O5/c1-3-21-14(19)17-5-7-20-10-12(17)8-13(18)16(2)9-11-4-6-22-15-11/h4,6,12H,3,5,7-10H2,1-2H3/t12-/m1/s1. The van der Waals surface area contributed by atoms with Gasteiger partial charge in [-0.2, -0.15) is 0 Å². The van der Waals surface area contributed by atoms with Gasteiger partial charge in [-0.05, 0) is 6.92 Å². The van der Waals surface area contributed by atoms with Gasteiger partial charge in [-0.3, -0.25) is 4.79 Å². The Hall–Kier alpha value is -2.09. The molecule has 2 amide bonds. The molecule has 1 aromatic heterocycles. The van der Waals surface area contributed by atoms with Gasteiger partial charge >= 0.3 is 6.09 Å². The molecule has 2 rings (SSSR count). The maximum absolute atomic E-state index is 12.3. The highest BCUT2D eigenvalue weighted by atomic mass is 16.6. The zero-order valence-corrected chi connectivity index (χ0v) is 12.9. The highest BCUT2D eigenvalue weighted by Crippen LogP contribution is 2.14. The fourth-order valence-corrected chi connectivity index (χ4v) is 2.28.